The molecule has 1 amide bonds. The molecular weight excluding hydrogens is 262 g/mol. The first kappa shape index (κ1) is 17.7. The van der Waals surface area contributed by atoms with Gasteiger partial charge in [-0.15, -0.1) is 0 Å². The molecule has 0 aliphatic rings. The first-order valence-corrected chi connectivity index (χ1v) is 7.95. The molecule has 1 rings (SSSR count). The van der Waals surface area contributed by atoms with Crippen LogP contribution in [0, 0.1) is 0 Å². The van der Waals surface area contributed by atoms with E-state index < -0.39 is 6.04 Å². The molecule has 4 nitrogen and oxygen atoms in total. The summed E-state index contributed by atoms with van der Waals surface area (Å²) in [5.74, 6) is 0.0169. The van der Waals surface area contributed by atoms with Crippen molar-refractivity contribution in [2.75, 3.05) is 32.7 Å². The van der Waals surface area contributed by atoms with E-state index in [-0.39, 0.29) is 5.91 Å². The Morgan fingerprint density at radius 3 is 2.19 bits per heavy atom. The zero-order valence-corrected chi connectivity index (χ0v) is 13.6. The zero-order chi connectivity index (χ0) is 15.7. The van der Waals surface area contributed by atoms with E-state index in [1.54, 1.807) is 0 Å². The molecule has 0 unspecified atom stereocenters. The van der Waals surface area contributed by atoms with E-state index in [0.29, 0.717) is 6.54 Å². The molecule has 0 aromatic heterocycles. The van der Waals surface area contributed by atoms with Gasteiger partial charge in [-0.2, -0.15) is 0 Å². The molecule has 4 heteroatoms. The third-order valence-corrected chi connectivity index (χ3v) is 3.91. The Bertz CT molecular complexity index is 404. The SMILES string of the molecule is CCN(CC)CCCN(CC)C(=O)[C@@H](N)c1ccccc1. The number of likely N-dealkylation sites (N-methyl/N-ethyl adjacent to an activating group) is 1. The Balaban J connectivity index is 2.53. The third kappa shape index (κ3) is 5.48. The van der Waals surface area contributed by atoms with Gasteiger partial charge in [0.25, 0.3) is 0 Å². The van der Waals surface area contributed by atoms with Crippen molar-refractivity contribution >= 4 is 5.91 Å². The van der Waals surface area contributed by atoms with Crippen molar-refractivity contribution in [3.8, 4) is 0 Å². The summed E-state index contributed by atoms with van der Waals surface area (Å²) in [6, 6.07) is 9.03. The fourth-order valence-electron chi connectivity index (χ4n) is 2.45. The van der Waals surface area contributed by atoms with Gasteiger partial charge in [0, 0.05) is 13.1 Å². The minimum atomic E-state index is -0.556. The second-order valence-electron chi connectivity index (χ2n) is 5.19. The number of hydrogen-bond donors (Lipinski definition) is 1. The van der Waals surface area contributed by atoms with E-state index in [0.717, 1.165) is 38.2 Å². The van der Waals surface area contributed by atoms with Crippen molar-refractivity contribution in [3.63, 3.8) is 0 Å². The Kier molecular flexibility index (Phi) is 8.01. The number of hydrogen-bond acceptors (Lipinski definition) is 3. The molecule has 0 heterocycles. The van der Waals surface area contributed by atoms with Gasteiger partial charge in [-0.25, -0.2) is 0 Å². The predicted molar refractivity (Wildman–Crippen MR) is 88.0 cm³/mol. The van der Waals surface area contributed by atoms with Crippen LogP contribution in [0.15, 0.2) is 30.3 Å². The van der Waals surface area contributed by atoms with E-state index in [4.69, 9.17) is 5.73 Å². The number of carbonyl (C=O) groups excluding carboxylic acids is 1. The lowest BCUT2D eigenvalue weighted by Gasteiger charge is -2.26. The molecule has 0 saturated carbocycles. The standard InChI is InChI=1S/C17H29N3O/c1-4-19(5-2)13-10-14-20(6-3)17(21)16(18)15-11-8-7-9-12-15/h7-9,11-12,16H,4-6,10,13-14,18H2,1-3H3/t16-/m0/s1. The fraction of sp³-hybridized carbons (Fsp3) is 0.588. The largest absolute Gasteiger partial charge is 0.341 e. The lowest BCUT2D eigenvalue weighted by Crippen LogP contribution is -2.40. The van der Waals surface area contributed by atoms with Crippen LogP contribution in [0.2, 0.25) is 0 Å². The van der Waals surface area contributed by atoms with Crippen molar-refractivity contribution in [1.82, 2.24) is 9.80 Å². The van der Waals surface area contributed by atoms with E-state index >= 15 is 0 Å². The predicted octanol–water partition coefficient (Wildman–Crippen LogP) is 2.27. The summed E-state index contributed by atoms with van der Waals surface area (Å²) in [6.45, 7) is 10.9. The fourth-order valence-corrected chi connectivity index (χ4v) is 2.45. The van der Waals surface area contributed by atoms with Crippen LogP contribution >= 0.6 is 0 Å². The minimum absolute atomic E-state index is 0.0169. The van der Waals surface area contributed by atoms with Gasteiger partial charge in [-0.3, -0.25) is 4.79 Å². The highest BCUT2D eigenvalue weighted by Gasteiger charge is 2.20. The summed E-state index contributed by atoms with van der Waals surface area (Å²) < 4.78 is 0. The first-order valence-electron chi connectivity index (χ1n) is 7.95. The molecule has 0 aliphatic heterocycles. The van der Waals surface area contributed by atoms with E-state index in [9.17, 15) is 4.79 Å². The van der Waals surface area contributed by atoms with Crippen LogP contribution in [0.4, 0.5) is 0 Å². The van der Waals surface area contributed by atoms with Gasteiger partial charge in [0.05, 0.1) is 0 Å². The van der Waals surface area contributed by atoms with Crippen molar-refractivity contribution in [2.24, 2.45) is 5.73 Å². The summed E-state index contributed by atoms with van der Waals surface area (Å²) in [7, 11) is 0. The van der Waals surface area contributed by atoms with Gasteiger partial charge < -0.3 is 15.5 Å². The van der Waals surface area contributed by atoms with Crippen molar-refractivity contribution in [3.05, 3.63) is 35.9 Å². The van der Waals surface area contributed by atoms with E-state index in [1.165, 1.54) is 0 Å². The van der Waals surface area contributed by atoms with Gasteiger partial charge in [0.15, 0.2) is 0 Å². The maximum atomic E-state index is 12.5. The van der Waals surface area contributed by atoms with Gasteiger partial charge in [0.1, 0.15) is 6.04 Å². The molecule has 0 bridgehead atoms. The summed E-state index contributed by atoms with van der Waals surface area (Å²) >= 11 is 0. The smallest absolute Gasteiger partial charge is 0.244 e. The van der Waals surface area contributed by atoms with Gasteiger partial charge >= 0.3 is 0 Å². The molecule has 1 atom stereocenters. The molecule has 0 spiro atoms. The number of nitrogens with two attached hydrogens (primary N) is 1. The molecule has 21 heavy (non-hydrogen) atoms. The number of benzene rings is 1. The first-order chi connectivity index (χ1) is 10.1. The average molecular weight is 291 g/mol. The highest BCUT2D eigenvalue weighted by molar-refractivity contribution is 5.83. The normalized spacial score (nSPS) is 12.4. The number of carbonyl (C=O) groups is 1. The molecule has 0 fully saturated rings. The van der Waals surface area contributed by atoms with E-state index in [2.05, 4.69) is 18.7 Å². The molecule has 118 valence electrons. The monoisotopic (exact) mass is 291 g/mol. The van der Waals surface area contributed by atoms with Crippen LogP contribution in [-0.4, -0.2) is 48.4 Å². The van der Waals surface area contributed by atoms with Crippen molar-refractivity contribution in [2.45, 2.75) is 33.2 Å². The molecule has 0 saturated heterocycles. The Labute approximate surface area is 128 Å². The minimum Gasteiger partial charge on any atom is -0.341 e. The molecule has 0 aliphatic carbocycles. The third-order valence-electron chi connectivity index (χ3n) is 3.91. The average Bonchev–Trinajstić information content (AvgIpc) is 2.55. The molecule has 1 aromatic rings. The Morgan fingerprint density at radius 1 is 1.05 bits per heavy atom. The summed E-state index contributed by atoms with van der Waals surface area (Å²) in [4.78, 5) is 16.7. The summed E-state index contributed by atoms with van der Waals surface area (Å²) in [5.41, 5.74) is 6.98. The topological polar surface area (TPSA) is 49.6 Å². The lowest BCUT2D eigenvalue weighted by molar-refractivity contribution is -0.132. The highest BCUT2D eigenvalue weighted by Crippen LogP contribution is 2.13. The van der Waals surface area contributed by atoms with Crippen LogP contribution in [0.3, 0.4) is 0 Å². The molecule has 0 radical (unpaired) electrons. The molecule has 1 aromatic carbocycles. The van der Waals surface area contributed by atoms with E-state index in [1.807, 2.05) is 42.2 Å². The number of amides is 1. The van der Waals surface area contributed by atoms with Gasteiger partial charge in [-0.05, 0) is 38.5 Å². The van der Waals surface area contributed by atoms with Gasteiger partial charge in [0.2, 0.25) is 5.91 Å². The van der Waals surface area contributed by atoms with Crippen LogP contribution in [-0.2, 0) is 4.79 Å². The van der Waals surface area contributed by atoms with Crippen molar-refractivity contribution in [1.29, 1.82) is 0 Å². The van der Waals surface area contributed by atoms with Crippen LogP contribution < -0.4 is 5.73 Å². The maximum Gasteiger partial charge on any atom is 0.244 e. The summed E-state index contributed by atoms with van der Waals surface area (Å²) in [5, 5.41) is 0. The highest BCUT2D eigenvalue weighted by atomic mass is 16.2. The van der Waals surface area contributed by atoms with Crippen LogP contribution in [0.1, 0.15) is 38.8 Å². The van der Waals surface area contributed by atoms with Crippen molar-refractivity contribution < 1.29 is 4.79 Å². The zero-order valence-electron chi connectivity index (χ0n) is 13.6. The number of nitrogens with zero attached hydrogens (tertiary/aromatic N) is 2. The Morgan fingerprint density at radius 2 is 1.67 bits per heavy atom. The quantitative estimate of drug-likeness (QED) is 0.759. The van der Waals surface area contributed by atoms with Crippen LogP contribution in [0.25, 0.3) is 0 Å². The Hall–Kier alpha value is -1.39. The second-order valence-corrected chi connectivity index (χ2v) is 5.19. The molecule has 2 N–H and O–H groups in total. The maximum absolute atomic E-state index is 12.5. The second kappa shape index (κ2) is 9.53. The molecular formula is C17H29N3O. The number of rotatable bonds is 9. The van der Waals surface area contributed by atoms with Crippen LogP contribution in [0.5, 0.6) is 0 Å². The lowest BCUT2D eigenvalue weighted by atomic mass is 10.1. The summed E-state index contributed by atoms with van der Waals surface area (Å²) in [6.07, 6.45) is 0.989. The van der Waals surface area contributed by atoms with Gasteiger partial charge in [-0.1, -0.05) is 44.2 Å².